The number of benzene rings is 1. The van der Waals surface area contributed by atoms with Gasteiger partial charge in [0.25, 0.3) is 5.91 Å². The Morgan fingerprint density at radius 3 is 3.12 bits per heavy atom. The molecule has 1 aromatic carbocycles. The molecule has 3 rings (SSSR count). The van der Waals surface area contributed by atoms with Crippen LogP contribution in [0.5, 0.6) is 0 Å². The molecule has 24 heavy (non-hydrogen) atoms. The Balaban J connectivity index is 1.59. The van der Waals surface area contributed by atoms with Gasteiger partial charge in [0.1, 0.15) is 0 Å². The molecule has 1 fully saturated rings. The number of amides is 1. The Hall–Kier alpha value is -1.79. The normalized spacial score (nSPS) is 18.5. The number of thioether (sulfide) groups is 1. The van der Waals surface area contributed by atoms with Crippen LogP contribution in [0.2, 0.25) is 0 Å². The predicted molar refractivity (Wildman–Crippen MR) is 95.1 cm³/mol. The van der Waals surface area contributed by atoms with Crippen molar-refractivity contribution in [1.82, 2.24) is 14.9 Å². The summed E-state index contributed by atoms with van der Waals surface area (Å²) in [4.78, 5) is 16.8. The smallest absolute Gasteiger partial charge is 0.251 e. The highest BCUT2D eigenvalue weighted by Gasteiger charge is 2.24. The van der Waals surface area contributed by atoms with Gasteiger partial charge in [0.05, 0.1) is 12.1 Å². The lowest BCUT2D eigenvalue weighted by Crippen LogP contribution is -2.40. The zero-order chi connectivity index (χ0) is 16.9. The SMILES string of the molecule is CC(NC(=O)c1cccc(CSc2nccn2C)c1)C1CCCO1. The lowest BCUT2D eigenvalue weighted by Gasteiger charge is -2.20. The Bertz CT molecular complexity index is 695. The first-order valence-electron chi connectivity index (χ1n) is 8.25. The van der Waals surface area contributed by atoms with Gasteiger partial charge >= 0.3 is 0 Å². The van der Waals surface area contributed by atoms with Crippen LogP contribution in [0.1, 0.15) is 35.7 Å². The fourth-order valence-electron chi connectivity index (χ4n) is 2.82. The van der Waals surface area contributed by atoms with Crippen LogP contribution in [-0.2, 0) is 17.5 Å². The van der Waals surface area contributed by atoms with Gasteiger partial charge in [0.15, 0.2) is 5.16 Å². The fraction of sp³-hybridized carbons (Fsp3) is 0.444. The number of carbonyl (C=O) groups excluding carboxylic acids is 1. The Morgan fingerprint density at radius 1 is 1.54 bits per heavy atom. The maximum Gasteiger partial charge on any atom is 0.251 e. The molecule has 1 aliphatic rings. The number of hydrogen-bond acceptors (Lipinski definition) is 4. The zero-order valence-electron chi connectivity index (χ0n) is 14.1. The van der Waals surface area contributed by atoms with Crippen LogP contribution in [0.4, 0.5) is 0 Å². The van der Waals surface area contributed by atoms with Crippen LogP contribution in [0.25, 0.3) is 0 Å². The molecule has 1 amide bonds. The van der Waals surface area contributed by atoms with Crippen molar-refractivity contribution in [2.24, 2.45) is 7.05 Å². The lowest BCUT2D eigenvalue weighted by atomic mass is 10.1. The van der Waals surface area contributed by atoms with Crippen molar-refractivity contribution in [3.8, 4) is 0 Å². The number of aromatic nitrogens is 2. The molecule has 6 heteroatoms. The van der Waals surface area contributed by atoms with E-state index in [9.17, 15) is 4.79 Å². The molecule has 2 heterocycles. The third-order valence-corrected chi connectivity index (χ3v) is 5.34. The Labute approximate surface area is 146 Å². The van der Waals surface area contributed by atoms with E-state index in [1.807, 2.05) is 49.0 Å². The lowest BCUT2D eigenvalue weighted by molar-refractivity contribution is 0.0712. The number of ether oxygens (including phenoxy) is 1. The van der Waals surface area contributed by atoms with E-state index in [-0.39, 0.29) is 18.1 Å². The van der Waals surface area contributed by atoms with Crippen molar-refractivity contribution >= 4 is 17.7 Å². The number of hydrogen-bond donors (Lipinski definition) is 1. The maximum atomic E-state index is 12.5. The van der Waals surface area contributed by atoms with E-state index in [4.69, 9.17) is 4.74 Å². The molecule has 5 nitrogen and oxygen atoms in total. The molecule has 2 unspecified atom stereocenters. The van der Waals surface area contributed by atoms with Gasteiger partial charge in [-0.25, -0.2) is 4.98 Å². The number of imidazole rings is 1. The van der Waals surface area contributed by atoms with Crippen LogP contribution in [0, 0.1) is 0 Å². The van der Waals surface area contributed by atoms with Crippen LogP contribution >= 0.6 is 11.8 Å². The van der Waals surface area contributed by atoms with Crippen molar-refractivity contribution < 1.29 is 9.53 Å². The Kier molecular flexibility index (Phi) is 5.58. The highest BCUT2D eigenvalue weighted by atomic mass is 32.2. The monoisotopic (exact) mass is 345 g/mol. The van der Waals surface area contributed by atoms with Gasteiger partial charge in [-0.15, -0.1) is 0 Å². The average Bonchev–Trinajstić information content (AvgIpc) is 3.25. The number of carbonyl (C=O) groups is 1. The van der Waals surface area contributed by atoms with Crippen molar-refractivity contribution in [3.63, 3.8) is 0 Å². The molecule has 1 saturated heterocycles. The summed E-state index contributed by atoms with van der Waals surface area (Å²) >= 11 is 1.66. The second kappa shape index (κ2) is 7.85. The summed E-state index contributed by atoms with van der Waals surface area (Å²) in [6.07, 6.45) is 5.94. The molecule has 1 N–H and O–H groups in total. The molecular weight excluding hydrogens is 322 g/mol. The minimum Gasteiger partial charge on any atom is -0.376 e. The van der Waals surface area contributed by atoms with Crippen LogP contribution in [0.3, 0.4) is 0 Å². The summed E-state index contributed by atoms with van der Waals surface area (Å²) in [7, 11) is 1.98. The quantitative estimate of drug-likeness (QED) is 0.818. The number of nitrogens with zero attached hydrogens (tertiary/aromatic N) is 2. The van der Waals surface area contributed by atoms with Crippen LogP contribution in [0.15, 0.2) is 41.8 Å². The molecule has 128 valence electrons. The topological polar surface area (TPSA) is 56.2 Å². The van der Waals surface area contributed by atoms with Gasteiger partial charge < -0.3 is 14.6 Å². The minimum atomic E-state index is -0.0400. The molecule has 0 bridgehead atoms. The van der Waals surface area contributed by atoms with E-state index in [1.54, 1.807) is 18.0 Å². The number of aryl methyl sites for hydroxylation is 1. The van der Waals surface area contributed by atoms with Crippen molar-refractivity contribution in [2.45, 2.75) is 42.8 Å². The van der Waals surface area contributed by atoms with E-state index in [2.05, 4.69) is 10.3 Å². The average molecular weight is 345 g/mol. The first-order chi connectivity index (χ1) is 11.6. The molecule has 2 aromatic rings. The second-order valence-corrected chi connectivity index (χ2v) is 7.07. The van der Waals surface area contributed by atoms with Gasteiger partial charge in [0.2, 0.25) is 0 Å². The first-order valence-corrected chi connectivity index (χ1v) is 9.23. The van der Waals surface area contributed by atoms with Crippen LogP contribution < -0.4 is 5.32 Å². The van der Waals surface area contributed by atoms with Crippen molar-refractivity contribution in [3.05, 3.63) is 47.8 Å². The summed E-state index contributed by atoms with van der Waals surface area (Å²) in [6.45, 7) is 2.80. The first kappa shape index (κ1) is 17.0. The van der Waals surface area contributed by atoms with Gasteiger partial charge in [-0.3, -0.25) is 4.79 Å². The zero-order valence-corrected chi connectivity index (χ0v) is 14.9. The second-order valence-electron chi connectivity index (χ2n) is 6.12. The highest BCUT2D eigenvalue weighted by Crippen LogP contribution is 2.21. The summed E-state index contributed by atoms with van der Waals surface area (Å²) in [5.41, 5.74) is 1.80. The van der Waals surface area contributed by atoms with Crippen molar-refractivity contribution in [2.75, 3.05) is 6.61 Å². The van der Waals surface area contributed by atoms with E-state index in [0.29, 0.717) is 5.56 Å². The van der Waals surface area contributed by atoms with Gasteiger partial charge in [0, 0.05) is 37.4 Å². The van der Waals surface area contributed by atoms with E-state index >= 15 is 0 Å². The minimum absolute atomic E-state index is 0.0330. The molecule has 2 atom stereocenters. The third kappa shape index (κ3) is 4.19. The maximum absolute atomic E-state index is 12.5. The largest absolute Gasteiger partial charge is 0.376 e. The third-order valence-electron chi connectivity index (χ3n) is 4.22. The fourth-order valence-corrected chi connectivity index (χ4v) is 3.70. The predicted octanol–water partition coefficient (Wildman–Crippen LogP) is 3.01. The molecule has 0 radical (unpaired) electrons. The summed E-state index contributed by atoms with van der Waals surface area (Å²) in [5.74, 6) is 0.745. The summed E-state index contributed by atoms with van der Waals surface area (Å²) < 4.78 is 7.63. The molecule has 1 aromatic heterocycles. The molecule has 0 saturated carbocycles. The van der Waals surface area contributed by atoms with Gasteiger partial charge in [-0.2, -0.15) is 0 Å². The van der Waals surface area contributed by atoms with Crippen LogP contribution in [-0.4, -0.2) is 34.2 Å². The van der Waals surface area contributed by atoms with Gasteiger partial charge in [-0.05, 0) is 37.5 Å². The molecule has 0 aliphatic carbocycles. The van der Waals surface area contributed by atoms with Gasteiger partial charge in [-0.1, -0.05) is 23.9 Å². The van der Waals surface area contributed by atoms with Crippen molar-refractivity contribution in [1.29, 1.82) is 0 Å². The van der Waals surface area contributed by atoms with E-state index in [0.717, 1.165) is 35.9 Å². The molecule has 0 spiro atoms. The molecular formula is C18H23N3O2S. The molecule has 1 aliphatic heterocycles. The number of nitrogens with one attached hydrogen (secondary N) is 1. The Morgan fingerprint density at radius 2 is 2.42 bits per heavy atom. The van der Waals surface area contributed by atoms with E-state index in [1.165, 1.54) is 0 Å². The highest BCUT2D eigenvalue weighted by molar-refractivity contribution is 7.98. The summed E-state index contributed by atoms with van der Waals surface area (Å²) in [6, 6.07) is 7.81. The standard InChI is InChI=1S/C18H23N3O2S/c1-13(16-7-4-10-23-16)20-17(22)15-6-3-5-14(11-15)12-24-18-19-8-9-21(18)2/h3,5-6,8-9,11,13,16H,4,7,10,12H2,1-2H3,(H,20,22). The number of rotatable bonds is 6. The van der Waals surface area contributed by atoms with E-state index < -0.39 is 0 Å². The summed E-state index contributed by atoms with van der Waals surface area (Å²) in [5, 5.41) is 4.03.